The van der Waals surface area contributed by atoms with Crippen LogP contribution in [-0.4, -0.2) is 29.9 Å². The molecule has 0 bridgehead atoms. The Labute approximate surface area is 124 Å². The molecule has 0 aliphatic carbocycles. The number of piperidine rings is 1. The van der Waals surface area contributed by atoms with Crippen molar-refractivity contribution in [3.05, 3.63) is 30.1 Å². The third-order valence-corrected chi connectivity index (χ3v) is 2.98. The highest BCUT2D eigenvalue weighted by Gasteiger charge is 2.12. The van der Waals surface area contributed by atoms with E-state index in [1.807, 2.05) is 4.90 Å². The van der Waals surface area contributed by atoms with E-state index in [4.69, 9.17) is 11.5 Å². The zero-order valence-electron chi connectivity index (χ0n) is 11.1. The van der Waals surface area contributed by atoms with Crippen LogP contribution in [0.2, 0.25) is 0 Å². The Morgan fingerprint density at radius 3 is 2.25 bits per heavy atom. The van der Waals surface area contributed by atoms with Crippen molar-refractivity contribution in [2.75, 3.05) is 13.1 Å². The average Bonchev–Trinajstić information content (AvgIpc) is 2.42. The molecule has 5 nitrogen and oxygen atoms in total. The van der Waals surface area contributed by atoms with Gasteiger partial charge in [-0.25, -0.2) is 9.38 Å². The van der Waals surface area contributed by atoms with Crippen molar-refractivity contribution in [1.82, 2.24) is 4.90 Å². The molecule has 110 valence electrons. The molecule has 1 aromatic rings. The summed E-state index contributed by atoms with van der Waals surface area (Å²) in [6, 6.07) is 5.72. The normalized spacial score (nSPS) is 16.8. The summed E-state index contributed by atoms with van der Waals surface area (Å²) < 4.78 is 12.7. The third-order valence-electron chi connectivity index (χ3n) is 2.98. The first kappa shape index (κ1) is 16.2. The molecule has 0 spiro atoms. The van der Waals surface area contributed by atoms with Crippen LogP contribution in [0.1, 0.15) is 19.3 Å². The van der Waals surface area contributed by atoms with Crippen molar-refractivity contribution in [1.29, 1.82) is 0 Å². The van der Waals surface area contributed by atoms with Gasteiger partial charge in [0.05, 0.1) is 5.69 Å². The van der Waals surface area contributed by atoms with Gasteiger partial charge in [0.25, 0.3) is 0 Å². The first-order chi connectivity index (χ1) is 9.15. The Morgan fingerprint density at radius 2 is 1.65 bits per heavy atom. The predicted molar refractivity (Wildman–Crippen MR) is 82.0 cm³/mol. The van der Waals surface area contributed by atoms with Crippen LogP contribution in [0.25, 0.3) is 0 Å². The molecule has 1 saturated heterocycles. The van der Waals surface area contributed by atoms with Crippen LogP contribution in [0, 0.1) is 5.82 Å². The molecule has 0 aromatic heterocycles. The first-order valence-electron chi connectivity index (χ1n) is 6.34. The number of rotatable bonds is 1. The molecule has 1 heterocycles. The second-order valence-electron chi connectivity index (χ2n) is 4.46. The second kappa shape index (κ2) is 7.69. The highest BCUT2D eigenvalue weighted by Crippen LogP contribution is 2.12. The molecule has 0 saturated carbocycles. The van der Waals surface area contributed by atoms with Gasteiger partial charge in [0.15, 0.2) is 5.96 Å². The van der Waals surface area contributed by atoms with Crippen LogP contribution in [-0.2, 0) is 0 Å². The van der Waals surface area contributed by atoms with E-state index in [9.17, 15) is 4.39 Å². The maximum atomic E-state index is 12.7. The fourth-order valence-electron chi connectivity index (χ4n) is 1.98. The molecule has 1 aliphatic rings. The molecule has 1 aromatic carbocycles. The third kappa shape index (κ3) is 4.70. The molecule has 1 fully saturated rings. The average molecular weight is 300 g/mol. The molecule has 0 amide bonds. The Bertz CT molecular complexity index is 480. The molecule has 0 atom stereocenters. The molecule has 4 N–H and O–H groups in total. The van der Waals surface area contributed by atoms with E-state index in [1.54, 1.807) is 0 Å². The van der Waals surface area contributed by atoms with Crippen LogP contribution in [0.3, 0.4) is 0 Å². The van der Waals surface area contributed by atoms with Crippen LogP contribution >= 0.6 is 12.4 Å². The van der Waals surface area contributed by atoms with Gasteiger partial charge in [-0.2, -0.15) is 4.99 Å². The first-order valence-corrected chi connectivity index (χ1v) is 6.34. The van der Waals surface area contributed by atoms with Crippen molar-refractivity contribution in [3.8, 4) is 0 Å². The summed E-state index contributed by atoms with van der Waals surface area (Å²) in [6.45, 7) is 1.80. The number of benzene rings is 1. The van der Waals surface area contributed by atoms with Crippen LogP contribution in [0.4, 0.5) is 10.1 Å². The van der Waals surface area contributed by atoms with E-state index in [1.165, 1.54) is 30.7 Å². The summed E-state index contributed by atoms with van der Waals surface area (Å²) in [5.74, 6) is 0.159. The Morgan fingerprint density at radius 1 is 1.05 bits per heavy atom. The van der Waals surface area contributed by atoms with Crippen LogP contribution in [0.5, 0.6) is 0 Å². The van der Waals surface area contributed by atoms with E-state index in [0.717, 1.165) is 25.9 Å². The Balaban J connectivity index is 0.00000200. The molecule has 0 unspecified atom stereocenters. The lowest BCUT2D eigenvalue weighted by Gasteiger charge is -2.27. The zero-order chi connectivity index (χ0) is 13.7. The Hall–Kier alpha value is -1.82. The highest BCUT2D eigenvalue weighted by atomic mass is 35.5. The van der Waals surface area contributed by atoms with Crippen LogP contribution in [0.15, 0.2) is 34.3 Å². The smallest absolute Gasteiger partial charge is 0.223 e. The minimum atomic E-state index is -0.311. The molecule has 2 rings (SSSR count). The lowest BCUT2D eigenvalue weighted by atomic mass is 10.1. The van der Waals surface area contributed by atoms with Gasteiger partial charge in [-0.15, -0.1) is 12.4 Å². The summed E-state index contributed by atoms with van der Waals surface area (Å²) in [5.41, 5.74) is 12.1. The van der Waals surface area contributed by atoms with E-state index >= 15 is 0 Å². The van der Waals surface area contributed by atoms with E-state index in [2.05, 4.69) is 9.98 Å². The van der Waals surface area contributed by atoms with Gasteiger partial charge < -0.3 is 16.4 Å². The van der Waals surface area contributed by atoms with E-state index in [-0.39, 0.29) is 24.2 Å². The minimum absolute atomic E-state index is 0. The summed E-state index contributed by atoms with van der Waals surface area (Å²) in [7, 11) is 0. The largest absolute Gasteiger partial charge is 0.369 e. The standard InChI is InChI=1S/C13H18FN5.ClH/c14-10-4-6-11(7-5-10)17-12(15)18-13(16)19-8-2-1-3-9-19;/h4-7H,1-3,8-9H2,(H4,15,16,17,18);1H. The van der Waals surface area contributed by atoms with E-state index < -0.39 is 0 Å². The predicted octanol–water partition coefficient (Wildman–Crippen LogP) is 1.99. The van der Waals surface area contributed by atoms with Gasteiger partial charge in [0.2, 0.25) is 5.96 Å². The SMILES string of the molecule is Cl.NC(=Nc1ccc(F)cc1)N=C(N)N1CCCCC1. The maximum Gasteiger partial charge on any atom is 0.223 e. The molecular formula is C13H19ClFN5. The Kier molecular flexibility index (Phi) is 6.24. The van der Waals surface area contributed by atoms with Crippen molar-refractivity contribution in [3.63, 3.8) is 0 Å². The van der Waals surface area contributed by atoms with Crippen molar-refractivity contribution < 1.29 is 4.39 Å². The second-order valence-corrected chi connectivity index (χ2v) is 4.46. The molecule has 7 heteroatoms. The van der Waals surface area contributed by atoms with Crippen molar-refractivity contribution in [2.24, 2.45) is 21.5 Å². The van der Waals surface area contributed by atoms with Gasteiger partial charge in [0.1, 0.15) is 5.82 Å². The van der Waals surface area contributed by atoms with Crippen molar-refractivity contribution >= 4 is 30.0 Å². The van der Waals surface area contributed by atoms with Gasteiger partial charge >= 0.3 is 0 Å². The number of hydrogen-bond acceptors (Lipinski definition) is 1. The van der Waals surface area contributed by atoms with Crippen LogP contribution < -0.4 is 11.5 Å². The lowest BCUT2D eigenvalue weighted by molar-refractivity contribution is 0.339. The number of guanidine groups is 2. The number of hydrogen-bond donors (Lipinski definition) is 2. The summed E-state index contributed by atoms with van der Waals surface area (Å²) in [5, 5.41) is 0. The topological polar surface area (TPSA) is 80.0 Å². The minimum Gasteiger partial charge on any atom is -0.369 e. The fraction of sp³-hybridized carbons (Fsp3) is 0.385. The zero-order valence-corrected chi connectivity index (χ0v) is 11.9. The number of aliphatic imine (C=N–C) groups is 2. The summed E-state index contributed by atoms with van der Waals surface area (Å²) in [6.07, 6.45) is 3.46. The summed E-state index contributed by atoms with van der Waals surface area (Å²) in [4.78, 5) is 10.1. The van der Waals surface area contributed by atoms with Gasteiger partial charge in [-0.3, -0.25) is 0 Å². The lowest BCUT2D eigenvalue weighted by Crippen LogP contribution is -2.41. The number of likely N-dealkylation sites (tertiary alicyclic amines) is 1. The fourth-order valence-corrected chi connectivity index (χ4v) is 1.98. The highest BCUT2D eigenvalue weighted by molar-refractivity contribution is 5.94. The van der Waals surface area contributed by atoms with E-state index in [0.29, 0.717) is 11.6 Å². The van der Waals surface area contributed by atoms with Gasteiger partial charge in [-0.05, 0) is 43.5 Å². The summed E-state index contributed by atoms with van der Waals surface area (Å²) >= 11 is 0. The van der Waals surface area contributed by atoms with Gasteiger partial charge in [-0.1, -0.05) is 0 Å². The molecular weight excluding hydrogens is 281 g/mol. The quantitative estimate of drug-likeness (QED) is 0.615. The van der Waals surface area contributed by atoms with Crippen molar-refractivity contribution in [2.45, 2.75) is 19.3 Å². The molecule has 20 heavy (non-hydrogen) atoms. The number of halogens is 2. The number of nitrogens with zero attached hydrogens (tertiary/aromatic N) is 3. The van der Waals surface area contributed by atoms with Gasteiger partial charge in [0, 0.05) is 13.1 Å². The molecule has 1 aliphatic heterocycles. The maximum absolute atomic E-state index is 12.7. The monoisotopic (exact) mass is 299 g/mol. The number of nitrogens with two attached hydrogens (primary N) is 2. The molecule has 0 radical (unpaired) electrons.